The highest BCUT2D eigenvalue weighted by atomic mass is 35.5. The lowest BCUT2D eigenvalue weighted by molar-refractivity contribution is 0.216. The molecule has 0 spiro atoms. The van der Waals surface area contributed by atoms with E-state index < -0.39 is 0 Å². The third-order valence-corrected chi connectivity index (χ3v) is 8.34. The van der Waals surface area contributed by atoms with Gasteiger partial charge in [-0.3, -0.25) is 0 Å². The molecule has 5 rings (SSSR count). The van der Waals surface area contributed by atoms with Crippen molar-refractivity contribution in [3.63, 3.8) is 0 Å². The van der Waals surface area contributed by atoms with Crippen molar-refractivity contribution in [3.05, 3.63) is 82.1 Å². The van der Waals surface area contributed by atoms with Gasteiger partial charge in [0.1, 0.15) is 11.6 Å². The standard InChI is InChI=1S/C30H33Cl2N7O2/c1-40-25-15-21-24(16-26(25)41-2)37-27(38-28(21)33)17-35-18-30(19-6-4-3-5-7-19)10-12-39(13-11-30)29(34)36-20-8-9-22(31)23(32)14-20/h3-9,14-16,35H,10-13,17-18H2,1-2H3,(H2,34,36)(H2,33,37,38). The molecule has 0 atom stereocenters. The number of aromatic nitrogens is 2. The SMILES string of the molecule is COc1cc2nc(CNCC3(c4ccccc4)CCN(C(N)=Nc4ccc(Cl)c(Cl)c4)CC3)nc(N)c2cc1OC. The zero-order valence-corrected chi connectivity index (χ0v) is 24.5. The summed E-state index contributed by atoms with van der Waals surface area (Å²) in [5, 5.41) is 5.26. The number of fused-ring (bicyclic) bond motifs is 1. The maximum Gasteiger partial charge on any atom is 0.196 e. The lowest BCUT2D eigenvalue weighted by atomic mass is 9.72. The number of likely N-dealkylation sites (tertiary alicyclic amines) is 1. The minimum absolute atomic E-state index is 0.0966. The van der Waals surface area contributed by atoms with Crippen LogP contribution in [0.2, 0.25) is 10.0 Å². The van der Waals surface area contributed by atoms with Gasteiger partial charge in [-0.1, -0.05) is 53.5 Å². The number of anilines is 1. The molecule has 1 saturated heterocycles. The number of piperidine rings is 1. The first-order valence-electron chi connectivity index (χ1n) is 13.3. The number of guanidine groups is 1. The number of halogens is 2. The Balaban J connectivity index is 1.31. The molecule has 3 aromatic carbocycles. The molecule has 0 aliphatic carbocycles. The number of benzene rings is 3. The number of nitrogens with zero attached hydrogens (tertiary/aromatic N) is 4. The van der Waals surface area contributed by atoms with Crippen LogP contribution in [0.25, 0.3) is 10.9 Å². The first-order valence-corrected chi connectivity index (χ1v) is 14.1. The molecule has 41 heavy (non-hydrogen) atoms. The molecule has 5 N–H and O–H groups in total. The van der Waals surface area contributed by atoms with E-state index in [1.807, 2.05) is 12.1 Å². The number of nitrogens with one attached hydrogen (secondary N) is 1. The number of hydrogen-bond donors (Lipinski definition) is 3. The Kier molecular flexibility index (Phi) is 8.68. The van der Waals surface area contributed by atoms with Gasteiger partial charge in [-0.2, -0.15) is 0 Å². The topological polar surface area (TPSA) is 124 Å². The fourth-order valence-electron chi connectivity index (χ4n) is 5.30. The number of nitrogens with two attached hydrogens (primary N) is 2. The van der Waals surface area contributed by atoms with Gasteiger partial charge in [0.25, 0.3) is 0 Å². The Morgan fingerprint density at radius 3 is 2.37 bits per heavy atom. The predicted molar refractivity (Wildman–Crippen MR) is 165 cm³/mol. The Morgan fingerprint density at radius 1 is 0.976 bits per heavy atom. The fraction of sp³-hybridized carbons (Fsp3) is 0.300. The number of nitrogen functional groups attached to an aromatic ring is 1. The summed E-state index contributed by atoms with van der Waals surface area (Å²) in [6.45, 7) is 2.72. The van der Waals surface area contributed by atoms with Crippen LogP contribution in [0.3, 0.4) is 0 Å². The van der Waals surface area contributed by atoms with Crippen molar-refractivity contribution >= 4 is 51.6 Å². The number of hydrogen-bond acceptors (Lipinski definition) is 7. The van der Waals surface area contributed by atoms with Gasteiger partial charge < -0.3 is 31.2 Å². The molecule has 0 unspecified atom stereocenters. The molecule has 1 aromatic heterocycles. The maximum atomic E-state index is 6.41. The molecule has 1 fully saturated rings. The van der Waals surface area contributed by atoms with Gasteiger partial charge >= 0.3 is 0 Å². The van der Waals surface area contributed by atoms with Crippen molar-refractivity contribution in [2.75, 3.05) is 39.6 Å². The van der Waals surface area contributed by atoms with Gasteiger partial charge in [0, 0.05) is 36.5 Å². The summed E-state index contributed by atoms with van der Waals surface area (Å²) in [7, 11) is 3.18. The van der Waals surface area contributed by atoms with E-state index in [0.717, 1.165) is 37.9 Å². The van der Waals surface area contributed by atoms with Crippen LogP contribution in [-0.4, -0.2) is 54.7 Å². The molecule has 1 aliphatic rings. The van der Waals surface area contributed by atoms with Crippen molar-refractivity contribution in [1.82, 2.24) is 20.2 Å². The number of rotatable bonds is 8. The minimum Gasteiger partial charge on any atom is -0.493 e. The molecule has 11 heteroatoms. The van der Waals surface area contributed by atoms with E-state index in [9.17, 15) is 0 Å². The van der Waals surface area contributed by atoms with Crippen LogP contribution in [0.15, 0.2) is 65.7 Å². The molecule has 9 nitrogen and oxygen atoms in total. The first-order chi connectivity index (χ1) is 19.8. The van der Waals surface area contributed by atoms with Crippen molar-refractivity contribution in [2.24, 2.45) is 10.7 Å². The average Bonchev–Trinajstić information content (AvgIpc) is 2.99. The third kappa shape index (κ3) is 6.27. The molecule has 0 saturated carbocycles. The zero-order chi connectivity index (χ0) is 29.0. The molecule has 0 bridgehead atoms. The van der Waals surface area contributed by atoms with E-state index in [2.05, 4.69) is 44.5 Å². The highest BCUT2D eigenvalue weighted by Gasteiger charge is 2.36. The lowest BCUT2D eigenvalue weighted by Gasteiger charge is -2.43. The minimum atomic E-state index is -0.0966. The second-order valence-corrected chi connectivity index (χ2v) is 10.9. The number of ether oxygens (including phenoxy) is 2. The second-order valence-electron chi connectivity index (χ2n) is 10.1. The first kappa shape index (κ1) is 28.7. The normalized spacial score (nSPS) is 15.2. The fourth-order valence-corrected chi connectivity index (χ4v) is 5.59. The highest BCUT2D eigenvalue weighted by molar-refractivity contribution is 6.42. The summed E-state index contributed by atoms with van der Waals surface area (Å²) in [5.41, 5.74) is 15.3. The summed E-state index contributed by atoms with van der Waals surface area (Å²) in [6.07, 6.45) is 1.78. The summed E-state index contributed by atoms with van der Waals surface area (Å²) in [6, 6.07) is 19.4. The summed E-state index contributed by atoms with van der Waals surface area (Å²) >= 11 is 12.2. The lowest BCUT2D eigenvalue weighted by Crippen LogP contribution is -2.51. The molecular formula is C30H33Cl2N7O2. The smallest absolute Gasteiger partial charge is 0.196 e. The maximum absolute atomic E-state index is 6.41. The van der Waals surface area contributed by atoms with Crippen LogP contribution >= 0.6 is 23.2 Å². The van der Waals surface area contributed by atoms with Crippen molar-refractivity contribution < 1.29 is 9.47 Å². The van der Waals surface area contributed by atoms with Crippen LogP contribution in [0, 0.1) is 0 Å². The van der Waals surface area contributed by atoms with Crippen molar-refractivity contribution in [3.8, 4) is 11.5 Å². The molecule has 1 aliphatic heterocycles. The Bertz CT molecular complexity index is 1560. The monoisotopic (exact) mass is 593 g/mol. The van der Waals surface area contributed by atoms with E-state index in [1.165, 1.54) is 5.56 Å². The van der Waals surface area contributed by atoms with E-state index in [-0.39, 0.29) is 5.41 Å². The molecule has 2 heterocycles. The van der Waals surface area contributed by atoms with Crippen LogP contribution in [0.5, 0.6) is 11.5 Å². The third-order valence-electron chi connectivity index (χ3n) is 7.60. The van der Waals surface area contributed by atoms with Gasteiger partial charge in [-0.15, -0.1) is 0 Å². The van der Waals surface area contributed by atoms with E-state index in [1.54, 1.807) is 38.5 Å². The van der Waals surface area contributed by atoms with Crippen LogP contribution in [-0.2, 0) is 12.0 Å². The zero-order valence-electron chi connectivity index (χ0n) is 23.0. The van der Waals surface area contributed by atoms with Gasteiger partial charge in [0.2, 0.25) is 0 Å². The van der Waals surface area contributed by atoms with Gasteiger partial charge in [-0.25, -0.2) is 15.0 Å². The Hall–Kier alpha value is -3.79. The van der Waals surface area contributed by atoms with Crippen LogP contribution < -0.4 is 26.3 Å². The Morgan fingerprint density at radius 2 is 1.68 bits per heavy atom. The molecular weight excluding hydrogens is 561 g/mol. The van der Waals surface area contributed by atoms with Gasteiger partial charge in [-0.05, 0) is 42.7 Å². The summed E-state index contributed by atoms with van der Waals surface area (Å²) in [4.78, 5) is 16.0. The molecule has 214 valence electrons. The quantitative estimate of drug-likeness (QED) is 0.185. The number of methoxy groups -OCH3 is 2. The molecule has 4 aromatic rings. The Labute approximate surface area is 249 Å². The van der Waals surface area contributed by atoms with E-state index in [4.69, 9.17) is 49.1 Å². The van der Waals surface area contributed by atoms with Gasteiger partial charge in [0.05, 0.1) is 42.0 Å². The average molecular weight is 595 g/mol. The summed E-state index contributed by atoms with van der Waals surface area (Å²) in [5.74, 6) is 2.65. The van der Waals surface area contributed by atoms with Crippen molar-refractivity contribution in [2.45, 2.75) is 24.8 Å². The van der Waals surface area contributed by atoms with Crippen LogP contribution in [0.1, 0.15) is 24.2 Å². The molecule has 0 amide bonds. The summed E-state index contributed by atoms with van der Waals surface area (Å²) < 4.78 is 10.8. The predicted octanol–water partition coefficient (Wildman–Crippen LogP) is 5.31. The second kappa shape index (κ2) is 12.4. The highest BCUT2D eigenvalue weighted by Crippen LogP contribution is 2.36. The van der Waals surface area contributed by atoms with Gasteiger partial charge in [0.15, 0.2) is 17.5 Å². The van der Waals surface area contributed by atoms with Crippen molar-refractivity contribution in [1.29, 1.82) is 0 Å². The largest absolute Gasteiger partial charge is 0.493 e. The molecule has 0 radical (unpaired) electrons. The van der Waals surface area contributed by atoms with E-state index in [0.29, 0.717) is 56.9 Å². The number of aliphatic imine (C=N–C) groups is 1. The van der Waals surface area contributed by atoms with E-state index >= 15 is 0 Å². The van der Waals surface area contributed by atoms with Crippen LogP contribution in [0.4, 0.5) is 11.5 Å².